The average molecular weight is 393 g/mol. The van der Waals surface area contributed by atoms with E-state index < -0.39 is 28.1 Å². The number of hydrogen-bond donors (Lipinski definition) is 2. The molecule has 0 radical (unpaired) electrons. The molecular weight excluding hydrogens is 370 g/mol. The molecule has 0 fully saturated rings. The number of nitrogens with one attached hydrogen (secondary N) is 1. The van der Waals surface area contributed by atoms with Crippen molar-refractivity contribution in [3.63, 3.8) is 0 Å². The van der Waals surface area contributed by atoms with Gasteiger partial charge in [-0.1, -0.05) is 18.2 Å². The minimum absolute atomic E-state index is 0.00133. The van der Waals surface area contributed by atoms with Crippen molar-refractivity contribution in [3.8, 4) is 5.75 Å². The number of aliphatic hydroxyl groups is 1. The molecule has 0 aromatic heterocycles. The van der Waals surface area contributed by atoms with Gasteiger partial charge in [-0.3, -0.25) is 4.79 Å². The SMILES string of the molecule is COC(=O)C(NS(=O)(=O)c1ccc(C)c(C)c1)C(O)c1ccc(OC)cc1. The largest absolute Gasteiger partial charge is 0.497 e. The van der Waals surface area contributed by atoms with Crippen molar-refractivity contribution in [2.75, 3.05) is 14.2 Å². The third-order valence-corrected chi connectivity index (χ3v) is 5.74. The first-order valence-electron chi connectivity index (χ1n) is 8.19. The van der Waals surface area contributed by atoms with Crippen LogP contribution < -0.4 is 9.46 Å². The summed E-state index contributed by atoms with van der Waals surface area (Å²) >= 11 is 0. The van der Waals surface area contributed by atoms with Crippen LogP contribution in [0.5, 0.6) is 5.75 Å². The number of methoxy groups -OCH3 is 2. The lowest BCUT2D eigenvalue weighted by atomic mass is 10.0. The molecule has 8 heteroatoms. The molecule has 2 aromatic rings. The van der Waals surface area contributed by atoms with Crippen LogP contribution in [0.15, 0.2) is 47.4 Å². The average Bonchev–Trinajstić information content (AvgIpc) is 2.67. The van der Waals surface area contributed by atoms with Crippen molar-refractivity contribution in [1.29, 1.82) is 0 Å². The van der Waals surface area contributed by atoms with Crippen LogP contribution in [-0.4, -0.2) is 39.8 Å². The first-order chi connectivity index (χ1) is 12.7. The summed E-state index contributed by atoms with van der Waals surface area (Å²) in [6.45, 7) is 3.65. The smallest absolute Gasteiger partial charge is 0.326 e. The van der Waals surface area contributed by atoms with E-state index in [1.807, 2.05) is 6.92 Å². The van der Waals surface area contributed by atoms with E-state index in [1.165, 1.54) is 19.2 Å². The van der Waals surface area contributed by atoms with Gasteiger partial charge in [0.05, 0.1) is 19.1 Å². The first-order valence-corrected chi connectivity index (χ1v) is 9.67. The Morgan fingerprint density at radius 2 is 1.67 bits per heavy atom. The predicted octanol–water partition coefficient (Wildman–Crippen LogP) is 1.87. The number of carbonyl (C=O) groups excluding carboxylic acids is 1. The van der Waals surface area contributed by atoms with E-state index in [2.05, 4.69) is 9.46 Å². The highest BCUT2D eigenvalue weighted by molar-refractivity contribution is 7.89. The van der Waals surface area contributed by atoms with Gasteiger partial charge in [0.15, 0.2) is 0 Å². The predicted molar refractivity (Wildman–Crippen MR) is 100.0 cm³/mol. The van der Waals surface area contributed by atoms with E-state index in [-0.39, 0.29) is 4.90 Å². The molecular formula is C19H23NO6S. The van der Waals surface area contributed by atoms with E-state index in [0.717, 1.165) is 18.2 Å². The lowest BCUT2D eigenvalue weighted by molar-refractivity contribution is -0.145. The van der Waals surface area contributed by atoms with Gasteiger partial charge in [-0.2, -0.15) is 4.72 Å². The van der Waals surface area contributed by atoms with Crippen LogP contribution in [0.25, 0.3) is 0 Å². The van der Waals surface area contributed by atoms with Gasteiger partial charge in [0.25, 0.3) is 0 Å². The van der Waals surface area contributed by atoms with Crippen molar-refractivity contribution in [1.82, 2.24) is 4.72 Å². The van der Waals surface area contributed by atoms with E-state index in [0.29, 0.717) is 11.3 Å². The Kier molecular flexibility index (Phi) is 6.59. The second kappa shape index (κ2) is 8.51. The number of carbonyl (C=O) groups is 1. The third-order valence-electron chi connectivity index (χ3n) is 4.30. The maximum absolute atomic E-state index is 12.7. The number of sulfonamides is 1. The van der Waals surface area contributed by atoms with Crippen LogP contribution in [0.3, 0.4) is 0 Å². The molecule has 7 nitrogen and oxygen atoms in total. The Morgan fingerprint density at radius 1 is 1.04 bits per heavy atom. The number of benzene rings is 2. The second-order valence-electron chi connectivity index (χ2n) is 6.09. The highest BCUT2D eigenvalue weighted by atomic mass is 32.2. The van der Waals surface area contributed by atoms with Crippen LogP contribution in [-0.2, 0) is 19.6 Å². The van der Waals surface area contributed by atoms with E-state index in [1.54, 1.807) is 37.3 Å². The zero-order valence-corrected chi connectivity index (χ0v) is 16.4. The lowest BCUT2D eigenvalue weighted by Gasteiger charge is -2.22. The zero-order chi connectivity index (χ0) is 20.2. The summed E-state index contributed by atoms with van der Waals surface area (Å²) < 4.78 is 37.4. The van der Waals surface area contributed by atoms with Gasteiger partial charge in [0.1, 0.15) is 17.9 Å². The number of aryl methyl sites for hydroxylation is 2. The summed E-state index contributed by atoms with van der Waals surface area (Å²) in [5, 5.41) is 10.6. The van der Waals surface area contributed by atoms with Crippen molar-refractivity contribution < 1.29 is 27.8 Å². The normalized spacial score (nSPS) is 13.7. The minimum Gasteiger partial charge on any atom is -0.497 e. The molecule has 146 valence electrons. The van der Waals surface area contributed by atoms with Gasteiger partial charge in [-0.25, -0.2) is 8.42 Å². The molecule has 0 aliphatic rings. The van der Waals surface area contributed by atoms with Crippen LogP contribution in [0.1, 0.15) is 22.8 Å². The number of hydrogen-bond acceptors (Lipinski definition) is 6. The molecule has 2 atom stereocenters. The summed E-state index contributed by atoms with van der Waals surface area (Å²) in [5.41, 5.74) is 2.08. The zero-order valence-electron chi connectivity index (χ0n) is 15.6. The van der Waals surface area contributed by atoms with Crippen LogP contribution in [0, 0.1) is 13.8 Å². The lowest BCUT2D eigenvalue weighted by Crippen LogP contribution is -2.45. The molecule has 0 saturated carbocycles. The van der Waals surface area contributed by atoms with E-state index >= 15 is 0 Å². The quantitative estimate of drug-likeness (QED) is 0.697. The van der Waals surface area contributed by atoms with Crippen molar-refractivity contribution in [2.24, 2.45) is 0 Å². The summed E-state index contributed by atoms with van der Waals surface area (Å²) in [4.78, 5) is 12.1. The van der Waals surface area contributed by atoms with Gasteiger partial charge in [-0.05, 0) is 54.8 Å². The first kappa shape index (κ1) is 20.9. The molecule has 0 saturated heterocycles. The van der Waals surface area contributed by atoms with Gasteiger partial charge in [-0.15, -0.1) is 0 Å². The topological polar surface area (TPSA) is 102 Å². The molecule has 0 aliphatic heterocycles. The molecule has 27 heavy (non-hydrogen) atoms. The Balaban J connectivity index is 2.34. The summed E-state index contributed by atoms with van der Waals surface area (Å²) in [6, 6.07) is 9.42. The molecule has 0 aliphatic carbocycles. The van der Waals surface area contributed by atoms with Crippen LogP contribution >= 0.6 is 0 Å². The van der Waals surface area contributed by atoms with Crippen LogP contribution in [0.4, 0.5) is 0 Å². The Bertz CT molecular complexity index is 908. The Morgan fingerprint density at radius 3 is 2.19 bits per heavy atom. The Labute approximate surface area is 159 Å². The molecule has 2 unspecified atom stereocenters. The Hall–Kier alpha value is -2.42. The molecule has 0 heterocycles. The molecule has 2 aromatic carbocycles. The highest BCUT2D eigenvalue weighted by Crippen LogP contribution is 2.23. The van der Waals surface area contributed by atoms with E-state index in [9.17, 15) is 18.3 Å². The highest BCUT2D eigenvalue weighted by Gasteiger charge is 2.33. The number of aliphatic hydroxyl groups excluding tert-OH is 1. The molecule has 0 amide bonds. The van der Waals surface area contributed by atoms with Gasteiger partial charge < -0.3 is 14.6 Å². The summed E-state index contributed by atoms with van der Waals surface area (Å²) in [7, 11) is -1.43. The van der Waals surface area contributed by atoms with Crippen LogP contribution in [0.2, 0.25) is 0 Å². The number of rotatable bonds is 7. The standard InChI is InChI=1S/C19H23NO6S/c1-12-5-10-16(11-13(12)2)27(23,24)20-17(19(22)26-4)18(21)14-6-8-15(25-3)9-7-14/h5-11,17-18,20-21H,1-4H3. The number of esters is 1. The monoisotopic (exact) mass is 393 g/mol. The third kappa shape index (κ3) is 4.85. The molecule has 0 bridgehead atoms. The van der Waals surface area contributed by atoms with Gasteiger partial charge in [0.2, 0.25) is 10.0 Å². The van der Waals surface area contributed by atoms with Gasteiger partial charge >= 0.3 is 5.97 Å². The molecule has 0 spiro atoms. The maximum Gasteiger partial charge on any atom is 0.326 e. The van der Waals surface area contributed by atoms with Gasteiger partial charge in [0, 0.05) is 0 Å². The molecule has 2 N–H and O–H groups in total. The van der Waals surface area contributed by atoms with Crippen molar-refractivity contribution >= 4 is 16.0 Å². The van der Waals surface area contributed by atoms with E-state index in [4.69, 9.17) is 4.74 Å². The maximum atomic E-state index is 12.7. The van der Waals surface area contributed by atoms with Crippen molar-refractivity contribution in [3.05, 3.63) is 59.2 Å². The minimum atomic E-state index is -4.06. The number of ether oxygens (including phenoxy) is 2. The molecule has 2 rings (SSSR count). The van der Waals surface area contributed by atoms with Crippen molar-refractivity contribution in [2.45, 2.75) is 30.9 Å². The fourth-order valence-electron chi connectivity index (χ4n) is 2.48. The summed E-state index contributed by atoms with van der Waals surface area (Å²) in [5.74, 6) is -0.331. The fraction of sp³-hybridized carbons (Fsp3) is 0.316. The fourth-order valence-corrected chi connectivity index (χ4v) is 3.75. The second-order valence-corrected chi connectivity index (χ2v) is 7.80. The summed E-state index contributed by atoms with van der Waals surface area (Å²) in [6.07, 6.45) is -1.44.